The van der Waals surface area contributed by atoms with Crippen LogP contribution in [0.4, 0.5) is 0 Å². The quantitative estimate of drug-likeness (QED) is 0.547. The number of aliphatic hydroxyl groups is 2. The van der Waals surface area contributed by atoms with Gasteiger partial charge in [0.2, 0.25) is 0 Å². The normalized spacial score (nSPS) is 45.9. The Kier molecular flexibility index (Phi) is 3.74. The Morgan fingerprint density at radius 1 is 1.42 bits per heavy atom. The summed E-state index contributed by atoms with van der Waals surface area (Å²) in [5, 5.41) is 27.8. The van der Waals surface area contributed by atoms with Gasteiger partial charge in [-0.15, -0.1) is 0 Å². The largest absolute Gasteiger partial charge is 0.388 e. The number of thioether (sulfide) groups is 1. The minimum atomic E-state index is -0.883. The zero-order valence-electron chi connectivity index (χ0n) is 11.1. The van der Waals surface area contributed by atoms with Gasteiger partial charge >= 0.3 is 0 Å². The van der Waals surface area contributed by atoms with Crippen LogP contribution in [0.25, 0.3) is 0 Å². The van der Waals surface area contributed by atoms with Crippen molar-refractivity contribution in [2.75, 3.05) is 7.05 Å². The van der Waals surface area contributed by atoms with E-state index in [9.17, 15) is 10.2 Å². The Morgan fingerprint density at radius 2 is 2.16 bits per heavy atom. The Bertz CT molecular complexity index is 377. The van der Waals surface area contributed by atoms with Gasteiger partial charge in [-0.2, -0.15) is 0 Å². The van der Waals surface area contributed by atoms with Crippen LogP contribution < -0.4 is 10.6 Å². The summed E-state index contributed by atoms with van der Waals surface area (Å²) in [4.78, 5) is 4.08. The molecule has 3 fully saturated rings. The topological polar surface area (TPSA) is 86.1 Å². The molecule has 2 aliphatic heterocycles. The van der Waals surface area contributed by atoms with Crippen LogP contribution in [-0.4, -0.2) is 64.3 Å². The standard InChI is InChI=1S/C12H21N3O3S/c1-5(14-6-3-4-6)10-9(17)8(16)7-11(18-10)19-12(13-2)15-7/h5-11,14,16-17H,3-4H2,1-2H3,(H,13,15). The van der Waals surface area contributed by atoms with E-state index in [0.717, 1.165) is 5.17 Å². The lowest BCUT2D eigenvalue weighted by Crippen LogP contribution is -2.63. The van der Waals surface area contributed by atoms with Crippen molar-refractivity contribution in [3.63, 3.8) is 0 Å². The van der Waals surface area contributed by atoms with Gasteiger partial charge in [0.15, 0.2) is 5.17 Å². The summed E-state index contributed by atoms with van der Waals surface area (Å²) in [5.74, 6) is 0. The van der Waals surface area contributed by atoms with E-state index in [1.807, 2.05) is 6.92 Å². The van der Waals surface area contributed by atoms with E-state index in [4.69, 9.17) is 4.74 Å². The predicted octanol–water partition coefficient (Wildman–Crippen LogP) is -0.736. The fourth-order valence-electron chi connectivity index (χ4n) is 2.68. The molecule has 0 amide bonds. The Morgan fingerprint density at radius 3 is 2.79 bits per heavy atom. The number of ether oxygens (including phenoxy) is 1. The molecule has 0 bridgehead atoms. The van der Waals surface area contributed by atoms with Crippen molar-refractivity contribution < 1.29 is 14.9 Å². The van der Waals surface area contributed by atoms with Crippen molar-refractivity contribution in [3.8, 4) is 0 Å². The maximum Gasteiger partial charge on any atom is 0.159 e. The van der Waals surface area contributed by atoms with Crippen LogP contribution in [0, 0.1) is 0 Å². The summed E-state index contributed by atoms with van der Waals surface area (Å²) in [7, 11) is 1.70. The molecular weight excluding hydrogens is 266 g/mol. The maximum atomic E-state index is 10.2. The molecule has 7 heteroatoms. The molecule has 2 heterocycles. The van der Waals surface area contributed by atoms with Gasteiger partial charge in [-0.1, -0.05) is 11.8 Å². The first-order valence-corrected chi connectivity index (χ1v) is 7.65. The highest BCUT2D eigenvalue weighted by Crippen LogP contribution is 2.35. The molecule has 3 rings (SSSR count). The Labute approximate surface area is 117 Å². The number of rotatable bonds is 3. The van der Waals surface area contributed by atoms with Crippen molar-refractivity contribution in [3.05, 3.63) is 0 Å². The van der Waals surface area contributed by atoms with Crippen LogP contribution in [0.2, 0.25) is 0 Å². The number of aliphatic hydroxyl groups excluding tert-OH is 2. The van der Waals surface area contributed by atoms with E-state index >= 15 is 0 Å². The number of hydrogen-bond acceptors (Lipinski definition) is 6. The summed E-state index contributed by atoms with van der Waals surface area (Å²) in [6, 6.07) is 0.284. The fraction of sp³-hybridized carbons (Fsp3) is 0.917. The second-order valence-electron chi connectivity index (χ2n) is 5.50. The first kappa shape index (κ1) is 13.6. The molecule has 6 nitrogen and oxygen atoms in total. The van der Waals surface area contributed by atoms with Gasteiger partial charge in [-0.25, -0.2) is 0 Å². The van der Waals surface area contributed by atoms with Crippen LogP contribution in [0.5, 0.6) is 0 Å². The van der Waals surface area contributed by atoms with Crippen molar-refractivity contribution >= 4 is 16.9 Å². The number of nitrogens with zero attached hydrogens (tertiary/aromatic N) is 1. The zero-order valence-corrected chi connectivity index (χ0v) is 11.9. The van der Waals surface area contributed by atoms with Gasteiger partial charge in [0.25, 0.3) is 0 Å². The molecule has 0 radical (unpaired) electrons. The van der Waals surface area contributed by atoms with Gasteiger partial charge in [-0.05, 0) is 19.8 Å². The van der Waals surface area contributed by atoms with E-state index in [-0.39, 0.29) is 23.6 Å². The van der Waals surface area contributed by atoms with E-state index in [1.165, 1.54) is 24.6 Å². The molecule has 1 saturated carbocycles. The second kappa shape index (κ2) is 5.21. The number of fused-ring (bicyclic) bond motifs is 1. The van der Waals surface area contributed by atoms with Crippen molar-refractivity contribution in [2.45, 2.75) is 61.6 Å². The molecule has 0 aromatic rings. The average molecular weight is 287 g/mol. The van der Waals surface area contributed by atoms with Crippen molar-refractivity contribution in [2.24, 2.45) is 4.99 Å². The highest BCUT2D eigenvalue weighted by Gasteiger charge is 2.50. The monoisotopic (exact) mass is 287 g/mol. The van der Waals surface area contributed by atoms with Crippen LogP contribution in [0.1, 0.15) is 19.8 Å². The Balaban J connectivity index is 1.69. The van der Waals surface area contributed by atoms with Crippen molar-refractivity contribution in [1.82, 2.24) is 10.6 Å². The molecule has 2 saturated heterocycles. The molecule has 6 unspecified atom stereocenters. The second-order valence-corrected chi connectivity index (χ2v) is 6.58. The van der Waals surface area contributed by atoms with E-state index in [1.54, 1.807) is 7.05 Å². The first-order chi connectivity index (χ1) is 9.10. The lowest BCUT2D eigenvalue weighted by Gasteiger charge is -2.41. The molecule has 19 heavy (non-hydrogen) atoms. The molecule has 0 aromatic heterocycles. The highest BCUT2D eigenvalue weighted by molar-refractivity contribution is 8.14. The molecule has 0 spiro atoms. The third-order valence-corrected chi connectivity index (χ3v) is 5.09. The molecule has 1 aliphatic carbocycles. The minimum absolute atomic E-state index is 0.0290. The van der Waals surface area contributed by atoms with Gasteiger partial charge in [0, 0.05) is 19.1 Å². The highest BCUT2D eigenvalue weighted by atomic mass is 32.2. The SMILES string of the molecule is CN=C1NC2C(OC(C(C)NC3CC3)C(O)C2O)S1. The van der Waals surface area contributed by atoms with Crippen LogP contribution in [0.15, 0.2) is 4.99 Å². The van der Waals surface area contributed by atoms with Crippen LogP contribution in [0.3, 0.4) is 0 Å². The summed E-state index contributed by atoms with van der Waals surface area (Å²) in [6.45, 7) is 2.00. The smallest absolute Gasteiger partial charge is 0.159 e. The average Bonchev–Trinajstić information content (AvgIpc) is 3.10. The summed E-state index contributed by atoms with van der Waals surface area (Å²) >= 11 is 1.47. The fourth-order valence-corrected chi connectivity index (χ4v) is 3.77. The van der Waals surface area contributed by atoms with E-state index in [2.05, 4.69) is 15.6 Å². The van der Waals surface area contributed by atoms with Gasteiger partial charge in [-0.3, -0.25) is 4.99 Å². The van der Waals surface area contributed by atoms with E-state index < -0.39 is 12.2 Å². The molecule has 108 valence electrons. The first-order valence-electron chi connectivity index (χ1n) is 6.77. The third kappa shape index (κ3) is 2.62. The van der Waals surface area contributed by atoms with Gasteiger partial charge in [0.05, 0.1) is 6.04 Å². The van der Waals surface area contributed by atoms with Gasteiger partial charge in [0.1, 0.15) is 23.7 Å². The maximum absolute atomic E-state index is 10.2. The van der Waals surface area contributed by atoms with Crippen LogP contribution >= 0.6 is 11.8 Å². The number of amidine groups is 1. The summed E-state index contributed by atoms with van der Waals surface area (Å²) in [6.07, 6.45) is 0.267. The Hall–Kier alpha value is -0.340. The van der Waals surface area contributed by atoms with E-state index in [0.29, 0.717) is 6.04 Å². The number of hydrogen-bond donors (Lipinski definition) is 4. The number of aliphatic imine (C=N–C) groups is 1. The molecule has 0 aromatic carbocycles. The zero-order chi connectivity index (χ0) is 13.6. The molecule has 3 aliphatic rings. The lowest BCUT2D eigenvalue weighted by atomic mass is 9.94. The molecule has 6 atom stereocenters. The molecule has 4 N–H and O–H groups in total. The lowest BCUT2D eigenvalue weighted by molar-refractivity contribution is -0.164. The minimum Gasteiger partial charge on any atom is -0.388 e. The van der Waals surface area contributed by atoms with Crippen LogP contribution in [-0.2, 0) is 4.74 Å². The van der Waals surface area contributed by atoms with Gasteiger partial charge < -0.3 is 25.6 Å². The predicted molar refractivity (Wildman–Crippen MR) is 74.2 cm³/mol. The number of nitrogens with one attached hydrogen (secondary N) is 2. The summed E-state index contributed by atoms with van der Waals surface area (Å²) in [5.41, 5.74) is -0.189. The summed E-state index contributed by atoms with van der Waals surface area (Å²) < 4.78 is 5.96. The van der Waals surface area contributed by atoms with Crippen molar-refractivity contribution in [1.29, 1.82) is 0 Å². The third-order valence-electron chi connectivity index (χ3n) is 3.93. The molecular formula is C12H21N3O3S.